The van der Waals surface area contributed by atoms with Crippen molar-refractivity contribution >= 4 is 11.6 Å². The molecule has 1 amide bonds. The molecule has 20 heavy (non-hydrogen) atoms. The Balaban J connectivity index is 1.98. The van der Waals surface area contributed by atoms with Crippen LogP contribution in [0.5, 0.6) is 0 Å². The van der Waals surface area contributed by atoms with Gasteiger partial charge in [-0.2, -0.15) is 0 Å². The van der Waals surface area contributed by atoms with E-state index in [2.05, 4.69) is 29.3 Å². The van der Waals surface area contributed by atoms with Crippen LogP contribution in [0, 0.1) is 20.8 Å². The fourth-order valence-electron chi connectivity index (χ4n) is 2.99. The van der Waals surface area contributed by atoms with Gasteiger partial charge >= 0.3 is 0 Å². The number of nitrogens with zero attached hydrogens (tertiary/aromatic N) is 1. The second-order valence-electron chi connectivity index (χ2n) is 5.96. The third-order valence-corrected chi connectivity index (χ3v) is 3.85. The van der Waals surface area contributed by atoms with Crippen molar-refractivity contribution in [2.75, 3.05) is 25.0 Å². The number of aryl methyl sites for hydroxylation is 3. The molecule has 1 saturated heterocycles. The molecule has 1 aromatic carbocycles. The monoisotopic (exact) mass is 275 g/mol. The Kier molecular flexibility index (Phi) is 4.78. The molecule has 0 aliphatic carbocycles. The Morgan fingerprint density at radius 1 is 1.35 bits per heavy atom. The summed E-state index contributed by atoms with van der Waals surface area (Å²) in [7, 11) is 0. The fourth-order valence-corrected chi connectivity index (χ4v) is 2.99. The SMILES string of the molecule is Cc1cc(C)c(NC(=O)CN2CCCC(N)C2)c(C)c1. The zero-order chi connectivity index (χ0) is 14.7. The largest absolute Gasteiger partial charge is 0.327 e. The molecule has 4 heteroatoms. The number of hydrogen-bond acceptors (Lipinski definition) is 3. The predicted molar refractivity (Wildman–Crippen MR) is 82.9 cm³/mol. The Labute approximate surface area is 121 Å². The molecule has 0 spiro atoms. The lowest BCUT2D eigenvalue weighted by Gasteiger charge is -2.30. The van der Waals surface area contributed by atoms with Crippen molar-refractivity contribution in [1.29, 1.82) is 0 Å². The molecular formula is C16H25N3O. The number of anilines is 1. The molecule has 1 aliphatic rings. The molecule has 0 saturated carbocycles. The first-order chi connectivity index (χ1) is 9.45. The van der Waals surface area contributed by atoms with E-state index in [1.54, 1.807) is 0 Å². The highest BCUT2D eigenvalue weighted by Crippen LogP contribution is 2.22. The summed E-state index contributed by atoms with van der Waals surface area (Å²) in [5, 5.41) is 3.05. The number of hydrogen-bond donors (Lipinski definition) is 2. The van der Waals surface area contributed by atoms with E-state index in [9.17, 15) is 4.79 Å². The van der Waals surface area contributed by atoms with Crippen molar-refractivity contribution in [2.45, 2.75) is 39.7 Å². The van der Waals surface area contributed by atoms with Gasteiger partial charge in [0.05, 0.1) is 6.54 Å². The lowest BCUT2D eigenvalue weighted by atomic mass is 10.0. The highest BCUT2D eigenvalue weighted by atomic mass is 16.2. The van der Waals surface area contributed by atoms with Crippen LogP contribution in [-0.4, -0.2) is 36.5 Å². The minimum atomic E-state index is 0.0501. The second kappa shape index (κ2) is 6.37. The number of nitrogens with one attached hydrogen (secondary N) is 1. The molecule has 1 aromatic rings. The maximum Gasteiger partial charge on any atom is 0.238 e. The van der Waals surface area contributed by atoms with E-state index >= 15 is 0 Å². The van der Waals surface area contributed by atoms with Crippen molar-refractivity contribution in [2.24, 2.45) is 5.73 Å². The molecule has 4 nitrogen and oxygen atoms in total. The van der Waals surface area contributed by atoms with Gasteiger partial charge < -0.3 is 11.1 Å². The Bertz CT molecular complexity index is 475. The number of rotatable bonds is 3. The van der Waals surface area contributed by atoms with E-state index in [0.717, 1.165) is 42.7 Å². The van der Waals surface area contributed by atoms with E-state index in [1.165, 1.54) is 5.56 Å². The van der Waals surface area contributed by atoms with Crippen molar-refractivity contribution in [1.82, 2.24) is 4.90 Å². The highest BCUT2D eigenvalue weighted by Gasteiger charge is 2.19. The van der Waals surface area contributed by atoms with Gasteiger partial charge in [-0.25, -0.2) is 0 Å². The lowest BCUT2D eigenvalue weighted by Crippen LogP contribution is -2.45. The summed E-state index contributed by atoms with van der Waals surface area (Å²) >= 11 is 0. The molecule has 3 N–H and O–H groups in total. The molecule has 110 valence electrons. The molecule has 0 bridgehead atoms. The predicted octanol–water partition coefficient (Wildman–Crippen LogP) is 1.97. The Morgan fingerprint density at radius 2 is 2.00 bits per heavy atom. The summed E-state index contributed by atoms with van der Waals surface area (Å²) in [6.07, 6.45) is 2.14. The molecule has 1 heterocycles. The summed E-state index contributed by atoms with van der Waals surface area (Å²) in [5.41, 5.74) is 10.3. The van der Waals surface area contributed by atoms with Crippen molar-refractivity contribution in [3.63, 3.8) is 0 Å². The van der Waals surface area contributed by atoms with Crippen molar-refractivity contribution in [3.8, 4) is 0 Å². The van der Waals surface area contributed by atoms with E-state index in [1.807, 2.05) is 13.8 Å². The van der Waals surface area contributed by atoms with Gasteiger partial charge in [-0.1, -0.05) is 17.7 Å². The van der Waals surface area contributed by atoms with Gasteiger partial charge in [-0.15, -0.1) is 0 Å². The molecule has 1 unspecified atom stereocenters. The first-order valence-electron chi connectivity index (χ1n) is 7.31. The smallest absolute Gasteiger partial charge is 0.238 e. The molecule has 0 aromatic heterocycles. The van der Waals surface area contributed by atoms with Crippen LogP contribution in [0.15, 0.2) is 12.1 Å². The van der Waals surface area contributed by atoms with Gasteiger partial charge in [0.2, 0.25) is 5.91 Å². The van der Waals surface area contributed by atoms with E-state index in [4.69, 9.17) is 5.73 Å². The number of likely N-dealkylation sites (tertiary alicyclic amines) is 1. The van der Waals surface area contributed by atoms with Gasteiger partial charge in [0.15, 0.2) is 0 Å². The molecule has 1 aliphatic heterocycles. The van der Waals surface area contributed by atoms with Crippen LogP contribution in [0.4, 0.5) is 5.69 Å². The quantitative estimate of drug-likeness (QED) is 0.886. The average Bonchev–Trinajstić information content (AvgIpc) is 2.33. The number of nitrogens with two attached hydrogens (primary N) is 1. The molecule has 1 atom stereocenters. The highest BCUT2D eigenvalue weighted by molar-refractivity contribution is 5.93. The zero-order valence-electron chi connectivity index (χ0n) is 12.7. The maximum absolute atomic E-state index is 12.2. The van der Waals surface area contributed by atoms with E-state index in [0.29, 0.717) is 6.54 Å². The van der Waals surface area contributed by atoms with Gasteiger partial charge in [0.1, 0.15) is 0 Å². The summed E-state index contributed by atoms with van der Waals surface area (Å²) in [5.74, 6) is 0.0501. The normalized spacial score (nSPS) is 19.9. The average molecular weight is 275 g/mol. The molecule has 1 fully saturated rings. The van der Waals surface area contributed by atoms with Gasteiger partial charge in [0, 0.05) is 18.3 Å². The van der Waals surface area contributed by atoms with Crippen LogP contribution in [-0.2, 0) is 4.79 Å². The van der Waals surface area contributed by atoms with Crippen molar-refractivity contribution in [3.05, 3.63) is 28.8 Å². The van der Waals surface area contributed by atoms with Gasteiger partial charge in [-0.05, 0) is 51.3 Å². The molecular weight excluding hydrogens is 250 g/mol. The fraction of sp³-hybridized carbons (Fsp3) is 0.562. The summed E-state index contributed by atoms with van der Waals surface area (Å²) in [4.78, 5) is 14.3. The van der Waals surface area contributed by atoms with E-state index in [-0.39, 0.29) is 11.9 Å². The minimum absolute atomic E-state index is 0.0501. The van der Waals surface area contributed by atoms with Crippen LogP contribution in [0.3, 0.4) is 0 Å². The third kappa shape index (κ3) is 3.81. The second-order valence-corrected chi connectivity index (χ2v) is 5.96. The number of amides is 1. The summed E-state index contributed by atoms with van der Waals surface area (Å²) in [6.45, 7) is 8.35. The lowest BCUT2D eigenvalue weighted by molar-refractivity contribution is -0.117. The maximum atomic E-state index is 12.2. The van der Waals surface area contributed by atoms with Crippen LogP contribution < -0.4 is 11.1 Å². The van der Waals surface area contributed by atoms with Gasteiger partial charge in [-0.3, -0.25) is 9.69 Å². The number of piperidine rings is 1. The van der Waals surface area contributed by atoms with Crippen LogP contribution in [0.2, 0.25) is 0 Å². The van der Waals surface area contributed by atoms with Crippen molar-refractivity contribution < 1.29 is 4.79 Å². The number of carbonyl (C=O) groups is 1. The number of benzene rings is 1. The van der Waals surface area contributed by atoms with Crippen LogP contribution in [0.1, 0.15) is 29.5 Å². The topological polar surface area (TPSA) is 58.4 Å². The Morgan fingerprint density at radius 3 is 2.60 bits per heavy atom. The third-order valence-electron chi connectivity index (χ3n) is 3.85. The molecule has 2 rings (SSSR count). The van der Waals surface area contributed by atoms with E-state index < -0.39 is 0 Å². The minimum Gasteiger partial charge on any atom is -0.327 e. The number of carbonyl (C=O) groups excluding carboxylic acids is 1. The van der Waals surface area contributed by atoms with Crippen LogP contribution >= 0.6 is 0 Å². The Hall–Kier alpha value is -1.39. The van der Waals surface area contributed by atoms with Crippen LogP contribution in [0.25, 0.3) is 0 Å². The zero-order valence-corrected chi connectivity index (χ0v) is 12.7. The summed E-state index contributed by atoms with van der Waals surface area (Å²) in [6, 6.07) is 4.40. The standard InChI is InChI=1S/C16H25N3O/c1-11-7-12(2)16(13(3)8-11)18-15(20)10-19-6-4-5-14(17)9-19/h7-8,14H,4-6,9-10,17H2,1-3H3,(H,18,20). The summed E-state index contributed by atoms with van der Waals surface area (Å²) < 4.78 is 0. The first kappa shape index (κ1) is 15.0. The molecule has 0 radical (unpaired) electrons. The van der Waals surface area contributed by atoms with Gasteiger partial charge in [0.25, 0.3) is 0 Å². The first-order valence-corrected chi connectivity index (χ1v) is 7.31.